The monoisotopic (exact) mass is 386 g/mol. The molecule has 2 aliphatic heterocycles. The van der Waals surface area contributed by atoms with Crippen LogP contribution in [-0.2, 0) is 30.8 Å². The van der Waals surface area contributed by atoms with Crippen molar-refractivity contribution in [1.82, 2.24) is 29.7 Å². The fourth-order valence-electron chi connectivity index (χ4n) is 4.21. The van der Waals surface area contributed by atoms with E-state index in [2.05, 4.69) is 25.8 Å². The molecule has 2 aliphatic rings. The first-order valence-electron chi connectivity index (χ1n) is 10.4. The number of nitrogens with zero attached hydrogens (tertiary/aromatic N) is 6. The van der Waals surface area contributed by atoms with Gasteiger partial charge < -0.3 is 9.42 Å². The summed E-state index contributed by atoms with van der Waals surface area (Å²) in [6.07, 6.45) is 4.58. The summed E-state index contributed by atoms with van der Waals surface area (Å²) in [6.45, 7) is 9.78. The van der Waals surface area contributed by atoms with Gasteiger partial charge in [-0.1, -0.05) is 19.0 Å². The Bertz CT molecular complexity index is 803. The number of amides is 1. The van der Waals surface area contributed by atoms with Crippen LogP contribution in [0.1, 0.15) is 69.1 Å². The average molecular weight is 387 g/mol. The quantitative estimate of drug-likeness (QED) is 0.758. The second kappa shape index (κ2) is 8.03. The fourth-order valence-corrected chi connectivity index (χ4v) is 4.21. The van der Waals surface area contributed by atoms with Gasteiger partial charge in [0.05, 0.1) is 12.2 Å². The first-order valence-corrected chi connectivity index (χ1v) is 10.4. The smallest absolute Gasteiger partial charge is 0.229 e. The topological polar surface area (TPSA) is 80.3 Å². The molecule has 28 heavy (non-hydrogen) atoms. The van der Waals surface area contributed by atoms with E-state index in [0.717, 1.165) is 44.7 Å². The molecule has 2 aromatic heterocycles. The Morgan fingerprint density at radius 2 is 2.21 bits per heavy atom. The molecule has 0 N–H and O–H groups in total. The number of likely N-dealkylation sites (tertiary alicyclic amines) is 1. The summed E-state index contributed by atoms with van der Waals surface area (Å²) < 4.78 is 7.45. The minimum atomic E-state index is 0.0557. The summed E-state index contributed by atoms with van der Waals surface area (Å²) in [7, 11) is 0. The SMILES string of the molecule is CC(=O)N(Cc1noc(C(C)C)n1)C1CCN(Cc2cc3n(n2)CCCC3)C1. The van der Waals surface area contributed by atoms with Crippen LogP contribution >= 0.6 is 0 Å². The molecular weight excluding hydrogens is 356 g/mol. The number of fused-ring (bicyclic) bond motifs is 1. The number of carbonyl (C=O) groups excluding carboxylic acids is 1. The van der Waals surface area contributed by atoms with Crippen molar-refractivity contribution < 1.29 is 9.32 Å². The summed E-state index contributed by atoms with van der Waals surface area (Å²) in [4.78, 5) is 21.0. The molecule has 0 aliphatic carbocycles. The van der Waals surface area contributed by atoms with Gasteiger partial charge in [0.15, 0.2) is 5.82 Å². The van der Waals surface area contributed by atoms with Gasteiger partial charge in [-0.25, -0.2) is 0 Å². The van der Waals surface area contributed by atoms with E-state index in [9.17, 15) is 4.79 Å². The standard InChI is InChI=1S/C20H30N6O2/c1-14(2)20-21-19(23-28-20)13-25(15(3)27)18-7-9-24(12-18)11-16-10-17-6-4-5-8-26(17)22-16/h10,14,18H,4-9,11-13H2,1-3H3. The Labute approximate surface area is 165 Å². The van der Waals surface area contributed by atoms with E-state index in [4.69, 9.17) is 9.62 Å². The second-order valence-corrected chi connectivity index (χ2v) is 8.34. The molecule has 152 valence electrons. The number of aromatic nitrogens is 4. The lowest BCUT2D eigenvalue weighted by molar-refractivity contribution is -0.131. The second-order valence-electron chi connectivity index (χ2n) is 8.34. The van der Waals surface area contributed by atoms with Crippen LogP contribution in [0.5, 0.6) is 0 Å². The van der Waals surface area contributed by atoms with Crippen molar-refractivity contribution in [2.75, 3.05) is 13.1 Å². The van der Waals surface area contributed by atoms with Gasteiger partial charge in [0.1, 0.15) is 0 Å². The molecule has 0 bridgehead atoms. The third-order valence-corrected chi connectivity index (χ3v) is 5.73. The van der Waals surface area contributed by atoms with Crippen molar-refractivity contribution in [1.29, 1.82) is 0 Å². The highest BCUT2D eigenvalue weighted by molar-refractivity contribution is 5.73. The van der Waals surface area contributed by atoms with Crippen LogP contribution in [0.15, 0.2) is 10.6 Å². The summed E-state index contributed by atoms with van der Waals surface area (Å²) in [5.74, 6) is 1.45. The highest BCUT2D eigenvalue weighted by atomic mass is 16.5. The third kappa shape index (κ3) is 4.11. The van der Waals surface area contributed by atoms with Gasteiger partial charge in [-0.15, -0.1) is 0 Å². The van der Waals surface area contributed by atoms with E-state index in [1.54, 1.807) is 6.92 Å². The lowest BCUT2D eigenvalue weighted by Gasteiger charge is -2.26. The first kappa shape index (κ1) is 19.1. The van der Waals surface area contributed by atoms with Gasteiger partial charge in [0.25, 0.3) is 0 Å². The Hall–Kier alpha value is -2.22. The van der Waals surface area contributed by atoms with Crippen LogP contribution in [0, 0.1) is 0 Å². The van der Waals surface area contributed by atoms with E-state index in [1.165, 1.54) is 18.5 Å². The van der Waals surface area contributed by atoms with E-state index in [-0.39, 0.29) is 17.9 Å². The lowest BCUT2D eigenvalue weighted by atomic mass is 10.1. The number of hydrogen-bond acceptors (Lipinski definition) is 6. The molecule has 0 radical (unpaired) electrons. The molecule has 0 spiro atoms. The van der Waals surface area contributed by atoms with Crippen molar-refractivity contribution in [3.63, 3.8) is 0 Å². The molecule has 8 heteroatoms. The van der Waals surface area contributed by atoms with Crippen LogP contribution in [0.3, 0.4) is 0 Å². The predicted octanol–water partition coefficient (Wildman–Crippen LogP) is 2.35. The molecule has 4 heterocycles. The Kier molecular flexibility index (Phi) is 5.48. The minimum Gasteiger partial charge on any atom is -0.339 e. The van der Waals surface area contributed by atoms with Crippen molar-refractivity contribution in [2.45, 2.75) is 78.0 Å². The molecule has 1 unspecified atom stereocenters. The summed E-state index contributed by atoms with van der Waals surface area (Å²) in [5, 5.41) is 8.82. The van der Waals surface area contributed by atoms with Gasteiger partial charge in [0.2, 0.25) is 11.8 Å². The Balaban J connectivity index is 1.37. The predicted molar refractivity (Wildman–Crippen MR) is 103 cm³/mol. The zero-order chi connectivity index (χ0) is 19.7. The maximum absolute atomic E-state index is 12.3. The van der Waals surface area contributed by atoms with Crippen LogP contribution in [0.2, 0.25) is 0 Å². The maximum atomic E-state index is 12.3. The molecule has 1 fully saturated rings. The molecule has 1 saturated heterocycles. The molecule has 0 saturated carbocycles. The van der Waals surface area contributed by atoms with Crippen LogP contribution in [0.4, 0.5) is 0 Å². The molecule has 1 amide bonds. The van der Waals surface area contributed by atoms with E-state index in [1.807, 2.05) is 18.7 Å². The van der Waals surface area contributed by atoms with Crippen LogP contribution in [0.25, 0.3) is 0 Å². The van der Waals surface area contributed by atoms with Gasteiger partial charge in [0, 0.05) is 50.8 Å². The Morgan fingerprint density at radius 3 is 2.93 bits per heavy atom. The Morgan fingerprint density at radius 1 is 1.36 bits per heavy atom. The van der Waals surface area contributed by atoms with Gasteiger partial charge in [-0.3, -0.25) is 14.4 Å². The number of carbonyl (C=O) groups is 1. The van der Waals surface area contributed by atoms with E-state index < -0.39 is 0 Å². The van der Waals surface area contributed by atoms with Gasteiger partial charge in [-0.05, 0) is 31.7 Å². The van der Waals surface area contributed by atoms with Crippen LogP contribution < -0.4 is 0 Å². The highest BCUT2D eigenvalue weighted by Gasteiger charge is 2.31. The third-order valence-electron chi connectivity index (χ3n) is 5.73. The molecule has 1 atom stereocenters. The van der Waals surface area contributed by atoms with Crippen molar-refractivity contribution in [2.24, 2.45) is 0 Å². The zero-order valence-electron chi connectivity index (χ0n) is 17.1. The molecule has 0 aromatic carbocycles. The van der Waals surface area contributed by atoms with E-state index in [0.29, 0.717) is 18.3 Å². The van der Waals surface area contributed by atoms with Crippen LogP contribution in [-0.4, -0.2) is 54.8 Å². The van der Waals surface area contributed by atoms with Gasteiger partial charge in [-0.2, -0.15) is 10.1 Å². The number of rotatable bonds is 6. The molecule has 8 nitrogen and oxygen atoms in total. The lowest BCUT2D eigenvalue weighted by Crippen LogP contribution is -2.40. The number of aryl methyl sites for hydroxylation is 2. The molecule has 4 rings (SSSR count). The fraction of sp³-hybridized carbons (Fsp3) is 0.700. The summed E-state index contributed by atoms with van der Waals surface area (Å²) in [5.41, 5.74) is 2.51. The highest BCUT2D eigenvalue weighted by Crippen LogP contribution is 2.22. The largest absolute Gasteiger partial charge is 0.339 e. The van der Waals surface area contributed by atoms with Crippen molar-refractivity contribution >= 4 is 5.91 Å². The molecule has 2 aromatic rings. The number of hydrogen-bond donors (Lipinski definition) is 0. The normalized spacial score (nSPS) is 19.9. The van der Waals surface area contributed by atoms with Gasteiger partial charge >= 0.3 is 0 Å². The minimum absolute atomic E-state index is 0.0557. The summed E-state index contributed by atoms with van der Waals surface area (Å²) >= 11 is 0. The molecular formula is C20H30N6O2. The maximum Gasteiger partial charge on any atom is 0.229 e. The summed E-state index contributed by atoms with van der Waals surface area (Å²) in [6, 6.07) is 2.43. The van der Waals surface area contributed by atoms with Crippen molar-refractivity contribution in [3.05, 3.63) is 29.2 Å². The average Bonchev–Trinajstić information content (AvgIpc) is 3.38. The van der Waals surface area contributed by atoms with E-state index >= 15 is 0 Å². The first-order chi connectivity index (χ1) is 13.5. The zero-order valence-corrected chi connectivity index (χ0v) is 17.1. The van der Waals surface area contributed by atoms with Crippen molar-refractivity contribution in [3.8, 4) is 0 Å².